The molecule has 0 saturated carbocycles. The van der Waals surface area contributed by atoms with Gasteiger partial charge in [-0.05, 0) is 58.8 Å². The van der Waals surface area contributed by atoms with E-state index in [0.29, 0.717) is 28.9 Å². The molecule has 0 spiro atoms. The summed E-state index contributed by atoms with van der Waals surface area (Å²) in [5.41, 5.74) is 1.23. The number of nitrogens with zero attached hydrogens (tertiary/aromatic N) is 1. The van der Waals surface area contributed by atoms with Crippen LogP contribution in [0.2, 0.25) is 0 Å². The monoisotopic (exact) mass is 370 g/mol. The number of methoxy groups -OCH3 is 1. The van der Waals surface area contributed by atoms with Crippen molar-refractivity contribution in [3.8, 4) is 11.5 Å². The van der Waals surface area contributed by atoms with E-state index >= 15 is 0 Å². The van der Waals surface area contributed by atoms with Gasteiger partial charge in [-0.3, -0.25) is 9.69 Å². The molecular weight excluding hydrogens is 356 g/mol. The second kappa shape index (κ2) is 6.44. The van der Waals surface area contributed by atoms with Crippen LogP contribution >= 0.6 is 28.1 Å². The average Bonchev–Trinajstić information content (AvgIpc) is 2.69. The van der Waals surface area contributed by atoms with E-state index in [0.717, 1.165) is 10.0 Å². The first kappa shape index (κ1) is 15.8. The van der Waals surface area contributed by atoms with Gasteiger partial charge in [-0.2, -0.15) is 0 Å². The summed E-state index contributed by atoms with van der Waals surface area (Å²) in [7, 11) is 3.20. The fourth-order valence-corrected chi connectivity index (χ4v) is 2.66. The van der Waals surface area contributed by atoms with Crippen LogP contribution in [0.5, 0.6) is 11.5 Å². The van der Waals surface area contributed by atoms with Gasteiger partial charge in [0.15, 0.2) is 16.6 Å². The standard InChI is InChI=1S/C14H15BrN2O3S/c1-4-20-12-9(15)5-8(7-11(12)19-3)6-10-13(18)17(2)14(21)16-10/h5-7H,4H2,1-3H3,(H,16,21). The smallest absolute Gasteiger partial charge is 0.276 e. The summed E-state index contributed by atoms with van der Waals surface area (Å²) in [4.78, 5) is 13.4. The Kier molecular flexibility index (Phi) is 4.84. The molecule has 1 fully saturated rings. The van der Waals surface area contributed by atoms with Crippen molar-refractivity contribution in [3.63, 3.8) is 0 Å². The van der Waals surface area contributed by atoms with Gasteiger partial charge in [-0.15, -0.1) is 0 Å². The normalized spacial score (nSPS) is 16.4. The number of carbonyl (C=O) groups excluding carboxylic acids is 1. The fourth-order valence-electron chi connectivity index (χ4n) is 1.90. The Morgan fingerprint density at radius 2 is 2.19 bits per heavy atom. The molecule has 0 atom stereocenters. The lowest BCUT2D eigenvalue weighted by Crippen LogP contribution is -2.25. The number of amides is 1. The Labute approximate surface area is 137 Å². The highest BCUT2D eigenvalue weighted by molar-refractivity contribution is 9.10. The van der Waals surface area contributed by atoms with Crippen molar-refractivity contribution in [3.05, 3.63) is 27.9 Å². The SMILES string of the molecule is CCOc1c(Br)cc(C=C2NC(=S)N(C)C2=O)cc1OC. The summed E-state index contributed by atoms with van der Waals surface area (Å²) in [6.07, 6.45) is 1.72. The number of carbonyl (C=O) groups is 1. The van der Waals surface area contributed by atoms with E-state index in [1.54, 1.807) is 26.3 Å². The van der Waals surface area contributed by atoms with Crippen LogP contribution in [-0.4, -0.2) is 36.7 Å². The van der Waals surface area contributed by atoms with Crippen LogP contribution < -0.4 is 14.8 Å². The molecule has 112 valence electrons. The number of likely N-dealkylation sites (N-methyl/N-ethyl adjacent to an activating group) is 1. The molecule has 7 heteroatoms. The molecule has 1 N–H and O–H groups in total. The van der Waals surface area contributed by atoms with E-state index in [-0.39, 0.29) is 5.91 Å². The van der Waals surface area contributed by atoms with E-state index in [9.17, 15) is 4.79 Å². The maximum absolute atomic E-state index is 12.0. The lowest BCUT2D eigenvalue weighted by atomic mass is 10.1. The predicted molar refractivity (Wildman–Crippen MR) is 88.3 cm³/mol. The van der Waals surface area contributed by atoms with Gasteiger partial charge in [0.05, 0.1) is 18.2 Å². The second-order valence-corrected chi connectivity index (χ2v) is 5.56. The van der Waals surface area contributed by atoms with Gasteiger partial charge in [-0.1, -0.05) is 0 Å². The average molecular weight is 371 g/mol. The van der Waals surface area contributed by atoms with Crippen LogP contribution in [0.4, 0.5) is 0 Å². The molecule has 1 aliphatic rings. The summed E-state index contributed by atoms with van der Waals surface area (Å²) in [6, 6.07) is 3.66. The molecule has 0 radical (unpaired) electrons. The maximum atomic E-state index is 12.0. The van der Waals surface area contributed by atoms with Gasteiger partial charge in [0.2, 0.25) is 0 Å². The molecule has 0 unspecified atom stereocenters. The fraction of sp³-hybridized carbons (Fsp3) is 0.286. The molecule has 0 aliphatic carbocycles. The van der Waals surface area contributed by atoms with Crippen molar-refractivity contribution in [1.82, 2.24) is 10.2 Å². The molecule has 1 aromatic carbocycles. The third kappa shape index (κ3) is 3.19. The molecule has 5 nitrogen and oxygen atoms in total. The summed E-state index contributed by atoms with van der Waals surface area (Å²) in [5.74, 6) is 1.07. The highest BCUT2D eigenvalue weighted by Crippen LogP contribution is 2.37. The van der Waals surface area contributed by atoms with Gasteiger partial charge in [0.1, 0.15) is 5.70 Å². The van der Waals surface area contributed by atoms with Crippen LogP contribution in [0.3, 0.4) is 0 Å². The van der Waals surface area contributed by atoms with Gasteiger partial charge in [0, 0.05) is 7.05 Å². The first-order valence-electron chi connectivity index (χ1n) is 6.29. The summed E-state index contributed by atoms with van der Waals surface area (Å²) in [6.45, 7) is 2.44. The minimum atomic E-state index is -0.163. The third-order valence-electron chi connectivity index (χ3n) is 2.93. The van der Waals surface area contributed by atoms with Gasteiger partial charge < -0.3 is 14.8 Å². The highest BCUT2D eigenvalue weighted by atomic mass is 79.9. The molecule has 21 heavy (non-hydrogen) atoms. The molecule has 0 aromatic heterocycles. The first-order chi connectivity index (χ1) is 9.97. The number of rotatable bonds is 4. The van der Waals surface area contributed by atoms with E-state index in [2.05, 4.69) is 21.2 Å². The molecule has 1 aliphatic heterocycles. The van der Waals surface area contributed by atoms with Gasteiger partial charge in [-0.25, -0.2) is 0 Å². The molecular formula is C14H15BrN2O3S. The zero-order valence-electron chi connectivity index (χ0n) is 11.9. The maximum Gasteiger partial charge on any atom is 0.276 e. The predicted octanol–water partition coefficient (Wildman–Crippen LogP) is 2.54. The first-order valence-corrected chi connectivity index (χ1v) is 7.49. The van der Waals surface area contributed by atoms with E-state index in [4.69, 9.17) is 21.7 Å². The molecule has 2 rings (SSSR count). The zero-order valence-corrected chi connectivity index (χ0v) is 14.3. The summed E-state index contributed by atoms with van der Waals surface area (Å²) in [5, 5.41) is 3.27. The Morgan fingerprint density at radius 1 is 1.48 bits per heavy atom. The Balaban J connectivity index is 2.40. The second-order valence-electron chi connectivity index (χ2n) is 4.32. The third-order valence-corrected chi connectivity index (χ3v) is 3.90. The van der Waals surface area contributed by atoms with E-state index in [1.165, 1.54) is 4.90 Å². The van der Waals surface area contributed by atoms with Crippen LogP contribution in [0.25, 0.3) is 6.08 Å². The van der Waals surface area contributed by atoms with E-state index in [1.807, 2.05) is 13.0 Å². The van der Waals surface area contributed by atoms with Crippen molar-refractivity contribution in [2.75, 3.05) is 20.8 Å². The minimum absolute atomic E-state index is 0.163. The quantitative estimate of drug-likeness (QED) is 0.651. The van der Waals surface area contributed by atoms with Crippen molar-refractivity contribution in [1.29, 1.82) is 0 Å². The van der Waals surface area contributed by atoms with Crippen molar-refractivity contribution < 1.29 is 14.3 Å². The minimum Gasteiger partial charge on any atom is -0.493 e. The number of ether oxygens (including phenoxy) is 2. The lowest BCUT2D eigenvalue weighted by Gasteiger charge is -2.12. The molecule has 1 aromatic rings. The molecule has 1 saturated heterocycles. The van der Waals surface area contributed by atoms with Crippen molar-refractivity contribution in [2.45, 2.75) is 6.92 Å². The van der Waals surface area contributed by atoms with Crippen LogP contribution in [0.15, 0.2) is 22.3 Å². The number of benzene rings is 1. The van der Waals surface area contributed by atoms with Gasteiger partial charge in [0.25, 0.3) is 5.91 Å². The highest BCUT2D eigenvalue weighted by Gasteiger charge is 2.27. The van der Waals surface area contributed by atoms with Crippen molar-refractivity contribution in [2.24, 2.45) is 0 Å². The lowest BCUT2D eigenvalue weighted by molar-refractivity contribution is -0.121. The van der Waals surface area contributed by atoms with Crippen LogP contribution in [0.1, 0.15) is 12.5 Å². The largest absolute Gasteiger partial charge is 0.493 e. The number of hydrogen-bond donors (Lipinski definition) is 1. The Hall–Kier alpha value is -1.60. The van der Waals surface area contributed by atoms with Crippen LogP contribution in [-0.2, 0) is 4.79 Å². The zero-order chi connectivity index (χ0) is 15.6. The molecule has 0 bridgehead atoms. The summed E-state index contributed by atoms with van der Waals surface area (Å²) < 4.78 is 11.6. The Morgan fingerprint density at radius 3 is 2.71 bits per heavy atom. The molecule has 1 heterocycles. The number of nitrogens with one attached hydrogen (secondary N) is 1. The summed E-state index contributed by atoms with van der Waals surface area (Å²) >= 11 is 8.49. The van der Waals surface area contributed by atoms with Gasteiger partial charge >= 0.3 is 0 Å². The van der Waals surface area contributed by atoms with E-state index < -0.39 is 0 Å². The number of halogens is 1. The van der Waals surface area contributed by atoms with Crippen LogP contribution in [0, 0.1) is 0 Å². The Bertz CT molecular complexity index is 631. The number of hydrogen-bond acceptors (Lipinski definition) is 4. The van der Waals surface area contributed by atoms with Crippen molar-refractivity contribution >= 4 is 45.2 Å². The topological polar surface area (TPSA) is 50.8 Å². The number of thiocarbonyl (C=S) groups is 1. The molecule has 1 amide bonds.